The van der Waals surface area contributed by atoms with Crippen molar-refractivity contribution in [3.05, 3.63) is 34.0 Å². The second-order valence-electron chi connectivity index (χ2n) is 3.73. The van der Waals surface area contributed by atoms with Gasteiger partial charge in [-0.1, -0.05) is 0 Å². The summed E-state index contributed by atoms with van der Waals surface area (Å²) in [6.07, 6.45) is 0. The van der Waals surface area contributed by atoms with E-state index in [0.717, 1.165) is 11.1 Å². The molecule has 2 heterocycles. The van der Waals surface area contributed by atoms with Crippen LogP contribution in [0.3, 0.4) is 0 Å². The molecule has 0 aliphatic heterocycles. The van der Waals surface area contributed by atoms with Crippen molar-refractivity contribution in [1.82, 2.24) is 0 Å². The molecule has 0 amide bonds. The van der Waals surface area contributed by atoms with Gasteiger partial charge in [-0.25, -0.2) is 0 Å². The van der Waals surface area contributed by atoms with Gasteiger partial charge in [0.15, 0.2) is 0 Å². The van der Waals surface area contributed by atoms with Crippen LogP contribution in [-0.2, 0) is 5.41 Å². The first-order chi connectivity index (χ1) is 7.33. The molecule has 0 atom stereocenters. The molecule has 2 aromatic heterocycles. The average molecular weight is 238 g/mol. The van der Waals surface area contributed by atoms with Crippen molar-refractivity contribution in [2.24, 2.45) is 0 Å². The van der Waals surface area contributed by atoms with E-state index >= 15 is 0 Å². The van der Waals surface area contributed by atoms with Crippen molar-refractivity contribution >= 4 is 22.7 Å². The van der Waals surface area contributed by atoms with Crippen LogP contribution in [0.5, 0.6) is 0 Å². The second kappa shape index (κ2) is 3.15. The van der Waals surface area contributed by atoms with Crippen LogP contribution < -0.4 is 0 Å². The minimum Gasteiger partial charge on any atom is -0.395 e. The summed E-state index contributed by atoms with van der Waals surface area (Å²) >= 11 is 3.36. The van der Waals surface area contributed by atoms with Crippen LogP contribution >= 0.6 is 22.7 Å². The van der Waals surface area contributed by atoms with Gasteiger partial charge in [-0.2, -0.15) is 0 Å². The highest BCUT2D eigenvalue weighted by Gasteiger charge is 2.44. The van der Waals surface area contributed by atoms with Gasteiger partial charge in [-0.05, 0) is 34.0 Å². The summed E-state index contributed by atoms with van der Waals surface area (Å²) in [4.78, 5) is 2.42. The van der Waals surface area contributed by atoms with E-state index in [1.165, 1.54) is 9.75 Å². The summed E-state index contributed by atoms with van der Waals surface area (Å²) in [6.45, 7) is -0.0616. The molecule has 2 aromatic rings. The van der Waals surface area contributed by atoms with Crippen LogP contribution in [0.4, 0.5) is 0 Å². The molecule has 0 radical (unpaired) electrons. The molecule has 0 unspecified atom stereocenters. The smallest absolute Gasteiger partial charge is 0.0693 e. The second-order valence-corrected chi connectivity index (χ2v) is 5.56. The molecule has 2 N–H and O–H groups in total. The quantitative estimate of drug-likeness (QED) is 0.840. The van der Waals surface area contributed by atoms with Crippen LogP contribution in [0.1, 0.15) is 11.1 Å². The Labute approximate surface area is 95.4 Å². The lowest BCUT2D eigenvalue weighted by Gasteiger charge is -2.25. The lowest BCUT2D eigenvalue weighted by molar-refractivity contribution is 0.146. The van der Waals surface area contributed by atoms with Crippen LogP contribution in [0.2, 0.25) is 0 Å². The van der Waals surface area contributed by atoms with E-state index in [2.05, 4.69) is 0 Å². The van der Waals surface area contributed by atoms with E-state index in [4.69, 9.17) is 0 Å². The zero-order valence-electron chi connectivity index (χ0n) is 7.93. The molecule has 0 bridgehead atoms. The Morgan fingerprint density at radius 1 is 0.933 bits per heavy atom. The summed E-state index contributed by atoms with van der Waals surface area (Å²) in [5, 5.41) is 23.2. The standard InChI is InChI=1S/C11H10O2S2/c12-5-11(6-13)7-1-3-14-9(7)10-8(11)2-4-15-10/h1-4,12-13H,5-6H2. The largest absolute Gasteiger partial charge is 0.395 e. The Morgan fingerprint density at radius 2 is 1.40 bits per heavy atom. The van der Waals surface area contributed by atoms with Gasteiger partial charge in [0.2, 0.25) is 0 Å². The molecule has 0 fully saturated rings. The number of rotatable bonds is 2. The molecule has 0 spiro atoms. The van der Waals surface area contributed by atoms with Gasteiger partial charge in [-0.15, -0.1) is 22.7 Å². The molecule has 2 nitrogen and oxygen atoms in total. The fraction of sp³-hybridized carbons (Fsp3) is 0.273. The van der Waals surface area contributed by atoms with Gasteiger partial charge in [0.1, 0.15) is 0 Å². The van der Waals surface area contributed by atoms with Crippen molar-refractivity contribution in [2.75, 3.05) is 13.2 Å². The van der Waals surface area contributed by atoms with Crippen LogP contribution in [0.25, 0.3) is 9.75 Å². The number of hydrogen-bond acceptors (Lipinski definition) is 4. The summed E-state index contributed by atoms with van der Waals surface area (Å²) in [5.74, 6) is 0. The van der Waals surface area contributed by atoms with E-state index in [1.807, 2.05) is 22.9 Å². The Bertz CT molecular complexity index is 452. The number of hydrogen-bond donors (Lipinski definition) is 2. The van der Waals surface area contributed by atoms with Crippen LogP contribution in [0.15, 0.2) is 22.9 Å². The zero-order chi connectivity index (χ0) is 10.5. The predicted molar refractivity (Wildman–Crippen MR) is 62.6 cm³/mol. The highest BCUT2D eigenvalue weighted by atomic mass is 32.1. The van der Waals surface area contributed by atoms with Gasteiger partial charge in [0, 0.05) is 9.75 Å². The van der Waals surface area contributed by atoms with Crippen LogP contribution in [0, 0.1) is 0 Å². The van der Waals surface area contributed by atoms with Crippen molar-refractivity contribution in [2.45, 2.75) is 5.41 Å². The summed E-state index contributed by atoms with van der Waals surface area (Å²) in [5.41, 5.74) is 1.60. The third kappa shape index (κ3) is 1.000. The first kappa shape index (κ1) is 9.54. The normalized spacial score (nSPS) is 16.4. The highest BCUT2D eigenvalue weighted by molar-refractivity contribution is 7.21. The zero-order valence-corrected chi connectivity index (χ0v) is 9.57. The van der Waals surface area contributed by atoms with Crippen molar-refractivity contribution in [3.63, 3.8) is 0 Å². The third-order valence-corrected chi connectivity index (χ3v) is 5.10. The minimum atomic E-state index is -0.565. The maximum absolute atomic E-state index is 9.60. The molecule has 0 aromatic carbocycles. The average Bonchev–Trinajstić information content (AvgIpc) is 2.90. The van der Waals surface area contributed by atoms with Crippen LogP contribution in [-0.4, -0.2) is 23.4 Å². The van der Waals surface area contributed by atoms with Crippen molar-refractivity contribution in [1.29, 1.82) is 0 Å². The number of aliphatic hydroxyl groups is 2. The lowest BCUT2D eigenvalue weighted by atomic mass is 9.81. The SMILES string of the molecule is OCC1(CO)c2ccsc2-c2sccc21. The lowest BCUT2D eigenvalue weighted by Crippen LogP contribution is -2.33. The minimum absolute atomic E-state index is 0.0308. The molecule has 1 aliphatic carbocycles. The number of fused-ring (bicyclic) bond motifs is 3. The van der Waals surface area contributed by atoms with Gasteiger partial charge >= 0.3 is 0 Å². The first-order valence-electron chi connectivity index (χ1n) is 4.71. The molecule has 3 rings (SSSR count). The summed E-state index contributed by atoms with van der Waals surface area (Å²) < 4.78 is 0. The van der Waals surface area contributed by atoms with Gasteiger partial charge in [0.25, 0.3) is 0 Å². The Balaban J connectivity index is 2.35. The molecule has 78 valence electrons. The number of aliphatic hydroxyl groups excluding tert-OH is 2. The van der Waals surface area contributed by atoms with Gasteiger partial charge < -0.3 is 10.2 Å². The Hall–Kier alpha value is -0.680. The van der Waals surface area contributed by atoms with E-state index in [-0.39, 0.29) is 13.2 Å². The highest BCUT2D eigenvalue weighted by Crippen LogP contribution is 2.53. The Morgan fingerprint density at radius 3 is 1.80 bits per heavy atom. The van der Waals surface area contributed by atoms with E-state index in [9.17, 15) is 10.2 Å². The molecule has 1 aliphatic rings. The molecular formula is C11H10O2S2. The molecule has 0 saturated carbocycles. The molecule has 4 heteroatoms. The van der Waals surface area contributed by atoms with Gasteiger partial charge in [-0.3, -0.25) is 0 Å². The fourth-order valence-corrected chi connectivity index (χ4v) is 4.44. The monoisotopic (exact) mass is 238 g/mol. The topological polar surface area (TPSA) is 40.5 Å². The number of thiophene rings is 2. The van der Waals surface area contributed by atoms with Crippen molar-refractivity contribution in [3.8, 4) is 9.75 Å². The molecule has 15 heavy (non-hydrogen) atoms. The van der Waals surface area contributed by atoms with E-state index in [1.54, 1.807) is 22.7 Å². The summed E-state index contributed by atoms with van der Waals surface area (Å²) in [6, 6.07) is 4.03. The van der Waals surface area contributed by atoms with E-state index in [0.29, 0.717) is 0 Å². The summed E-state index contributed by atoms with van der Waals surface area (Å²) in [7, 11) is 0. The molecule has 0 saturated heterocycles. The third-order valence-electron chi connectivity index (χ3n) is 3.11. The fourth-order valence-electron chi connectivity index (χ4n) is 2.26. The molecular weight excluding hydrogens is 228 g/mol. The van der Waals surface area contributed by atoms with Crippen molar-refractivity contribution < 1.29 is 10.2 Å². The van der Waals surface area contributed by atoms with E-state index < -0.39 is 5.41 Å². The maximum atomic E-state index is 9.60. The maximum Gasteiger partial charge on any atom is 0.0693 e. The Kier molecular flexibility index (Phi) is 2.01. The predicted octanol–water partition coefficient (Wildman–Crippen LogP) is 2.06. The van der Waals surface area contributed by atoms with Gasteiger partial charge in [0.05, 0.1) is 18.6 Å². The first-order valence-corrected chi connectivity index (χ1v) is 6.47.